The fourth-order valence-electron chi connectivity index (χ4n) is 2.25. The van der Waals surface area contributed by atoms with Crippen LogP contribution in [0.15, 0.2) is 30.3 Å². The van der Waals surface area contributed by atoms with Crippen LogP contribution in [0.1, 0.15) is 12.0 Å². The van der Waals surface area contributed by atoms with Crippen molar-refractivity contribution in [3.8, 4) is 0 Å². The number of rotatable bonds is 2. The molecule has 0 saturated heterocycles. The Morgan fingerprint density at radius 1 is 1.35 bits per heavy atom. The number of hydrogen-bond donors (Lipinski definition) is 3. The van der Waals surface area contributed by atoms with Gasteiger partial charge in [-0.2, -0.15) is 0 Å². The number of carbonyl (C=O) groups is 1. The molecule has 6 heteroatoms. The molecule has 1 aliphatic carbocycles. The van der Waals surface area contributed by atoms with Gasteiger partial charge < -0.3 is 20.1 Å². The molecule has 1 aromatic rings. The highest BCUT2D eigenvalue weighted by Gasteiger charge is 2.44. The Bertz CT molecular complexity index is 539. The van der Waals surface area contributed by atoms with Gasteiger partial charge in [0.1, 0.15) is 11.9 Å². The first-order valence-electron chi connectivity index (χ1n) is 6.03. The van der Waals surface area contributed by atoms with Crippen LogP contribution in [-0.4, -0.2) is 46.2 Å². The number of aliphatic hydroxyl groups is 3. The Kier molecular flexibility index (Phi) is 3.89. The van der Waals surface area contributed by atoms with Gasteiger partial charge in [-0.15, -0.1) is 0 Å². The summed E-state index contributed by atoms with van der Waals surface area (Å²) >= 11 is 0. The van der Waals surface area contributed by atoms with E-state index < -0.39 is 29.6 Å². The van der Waals surface area contributed by atoms with Crippen LogP contribution < -0.4 is 0 Å². The minimum atomic E-state index is -2.02. The molecule has 3 atom stereocenters. The van der Waals surface area contributed by atoms with Crippen molar-refractivity contribution in [1.29, 1.82) is 0 Å². The van der Waals surface area contributed by atoms with Gasteiger partial charge in [0.25, 0.3) is 0 Å². The summed E-state index contributed by atoms with van der Waals surface area (Å²) in [5, 5.41) is 30.0. The van der Waals surface area contributed by atoms with Gasteiger partial charge in [0.2, 0.25) is 0 Å². The smallest absolute Gasteiger partial charge is 0.342 e. The summed E-state index contributed by atoms with van der Waals surface area (Å²) in [4.78, 5) is 11.6. The molecule has 0 aromatic heterocycles. The molecule has 0 saturated carbocycles. The van der Waals surface area contributed by atoms with E-state index in [0.717, 1.165) is 13.2 Å². The lowest BCUT2D eigenvalue weighted by atomic mass is 9.80. The van der Waals surface area contributed by atoms with Crippen LogP contribution >= 0.6 is 0 Å². The first-order valence-corrected chi connectivity index (χ1v) is 6.03. The maximum absolute atomic E-state index is 12.9. The van der Waals surface area contributed by atoms with E-state index in [1.807, 2.05) is 0 Å². The maximum atomic E-state index is 12.9. The third-order valence-corrected chi connectivity index (χ3v) is 3.31. The average Bonchev–Trinajstić information content (AvgIpc) is 2.43. The number of carbonyl (C=O) groups excluding carboxylic acids is 1. The van der Waals surface area contributed by atoms with E-state index in [9.17, 15) is 24.5 Å². The molecule has 0 heterocycles. The first-order chi connectivity index (χ1) is 9.37. The number of esters is 1. The molecular weight excluding hydrogens is 267 g/mol. The van der Waals surface area contributed by atoms with Crippen molar-refractivity contribution in [2.75, 3.05) is 7.11 Å². The fourth-order valence-corrected chi connectivity index (χ4v) is 2.25. The van der Waals surface area contributed by atoms with E-state index in [1.54, 1.807) is 0 Å². The summed E-state index contributed by atoms with van der Waals surface area (Å²) in [6.45, 7) is 0. The predicted octanol–water partition coefficient (Wildman–Crippen LogP) is 0.239. The Morgan fingerprint density at radius 3 is 2.50 bits per heavy atom. The Hall–Kier alpha value is -1.76. The quantitative estimate of drug-likeness (QED) is 0.676. The van der Waals surface area contributed by atoms with Gasteiger partial charge >= 0.3 is 5.97 Å². The van der Waals surface area contributed by atoms with Crippen molar-refractivity contribution in [3.05, 3.63) is 41.7 Å². The monoisotopic (exact) mass is 282 g/mol. The van der Waals surface area contributed by atoms with Crippen LogP contribution in [0.5, 0.6) is 0 Å². The maximum Gasteiger partial charge on any atom is 0.342 e. The molecule has 2 rings (SSSR count). The van der Waals surface area contributed by atoms with Crippen molar-refractivity contribution in [1.82, 2.24) is 0 Å². The lowest BCUT2D eigenvalue weighted by Crippen LogP contribution is -2.48. The molecule has 0 aliphatic heterocycles. The number of ether oxygens (including phenoxy) is 1. The molecule has 5 nitrogen and oxygen atoms in total. The molecule has 108 valence electrons. The second-order valence-electron chi connectivity index (χ2n) is 4.74. The third kappa shape index (κ3) is 2.58. The van der Waals surface area contributed by atoms with Crippen molar-refractivity contribution >= 4 is 11.5 Å². The summed E-state index contributed by atoms with van der Waals surface area (Å²) < 4.78 is 17.4. The van der Waals surface area contributed by atoms with Crippen LogP contribution in [0, 0.1) is 5.82 Å². The highest BCUT2D eigenvalue weighted by atomic mass is 19.1. The van der Waals surface area contributed by atoms with Crippen molar-refractivity contribution < 1.29 is 29.2 Å². The number of aliphatic hydroxyl groups excluding tert-OH is 2. The van der Waals surface area contributed by atoms with Gasteiger partial charge in [-0.25, -0.2) is 9.18 Å². The molecule has 0 bridgehead atoms. The lowest BCUT2D eigenvalue weighted by Gasteiger charge is -2.34. The first kappa shape index (κ1) is 14.6. The predicted molar refractivity (Wildman–Crippen MR) is 68.0 cm³/mol. The standard InChI is InChI=1S/C14H15FO5/c1-20-13(18)14(19)6-10(12(17)11(16)7-14)8-2-4-9(15)5-3-8/h2-6,11-12,16-17,19H,7H2,1H3. The van der Waals surface area contributed by atoms with Gasteiger partial charge in [-0.1, -0.05) is 12.1 Å². The third-order valence-electron chi connectivity index (χ3n) is 3.31. The molecule has 3 N–H and O–H groups in total. The Labute approximate surface area is 114 Å². The second-order valence-corrected chi connectivity index (χ2v) is 4.74. The van der Waals surface area contributed by atoms with E-state index in [-0.39, 0.29) is 12.0 Å². The van der Waals surface area contributed by atoms with Gasteiger partial charge in [0, 0.05) is 6.42 Å². The molecule has 0 fully saturated rings. The topological polar surface area (TPSA) is 87.0 Å². The molecule has 0 spiro atoms. The molecule has 20 heavy (non-hydrogen) atoms. The molecule has 0 radical (unpaired) electrons. The molecule has 1 aromatic carbocycles. The number of methoxy groups -OCH3 is 1. The van der Waals surface area contributed by atoms with E-state index >= 15 is 0 Å². The largest absolute Gasteiger partial charge is 0.467 e. The summed E-state index contributed by atoms with van der Waals surface area (Å²) in [6, 6.07) is 5.14. The lowest BCUT2D eigenvalue weighted by molar-refractivity contribution is -0.161. The number of hydrogen-bond acceptors (Lipinski definition) is 5. The SMILES string of the molecule is COC(=O)C1(O)C=C(c2ccc(F)cc2)C(O)C(O)C1. The fraction of sp³-hybridized carbons (Fsp3) is 0.357. The molecule has 1 aliphatic rings. The van der Waals surface area contributed by atoms with Crippen LogP contribution in [0.4, 0.5) is 4.39 Å². The summed E-state index contributed by atoms with van der Waals surface area (Å²) in [5.41, 5.74) is -1.46. The molecule has 3 unspecified atom stereocenters. The van der Waals surface area contributed by atoms with Crippen molar-refractivity contribution in [2.45, 2.75) is 24.2 Å². The molecular formula is C14H15FO5. The van der Waals surface area contributed by atoms with Crippen molar-refractivity contribution in [2.24, 2.45) is 0 Å². The van der Waals surface area contributed by atoms with E-state index in [4.69, 9.17) is 0 Å². The zero-order chi connectivity index (χ0) is 14.9. The van der Waals surface area contributed by atoms with Crippen LogP contribution in [-0.2, 0) is 9.53 Å². The minimum absolute atomic E-state index is 0.150. The summed E-state index contributed by atoms with van der Waals surface area (Å²) in [7, 11) is 1.11. The second kappa shape index (κ2) is 5.32. The zero-order valence-electron chi connectivity index (χ0n) is 10.8. The Balaban J connectivity index is 2.47. The van der Waals surface area contributed by atoms with Crippen LogP contribution in [0.2, 0.25) is 0 Å². The Morgan fingerprint density at radius 2 is 1.95 bits per heavy atom. The number of halogens is 1. The van der Waals surface area contributed by atoms with Gasteiger partial charge in [0.15, 0.2) is 5.60 Å². The normalized spacial score (nSPS) is 29.8. The van der Waals surface area contributed by atoms with Gasteiger partial charge in [-0.05, 0) is 29.3 Å². The summed E-state index contributed by atoms with van der Waals surface area (Å²) in [6.07, 6.45) is -1.83. The average molecular weight is 282 g/mol. The summed E-state index contributed by atoms with van der Waals surface area (Å²) in [5.74, 6) is -1.38. The van der Waals surface area contributed by atoms with Gasteiger partial charge in [0.05, 0.1) is 13.2 Å². The van der Waals surface area contributed by atoms with E-state index in [2.05, 4.69) is 4.74 Å². The van der Waals surface area contributed by atoms with E-state index in [0.29, 0.717) is 5.56 Å². The van der Waals surface area contributed by atoms with E-state index in [1.165, 1.54) is 24.3 Å². The van der Waals surface area contributed by atoms with Crippen LogP contribution in [0.25, 0.3) is 5.57 Å². The van der Waals surface area contributed by atoms with Crippen molar-refractivity contribution in [3.63, 3.8) is 0 Å². The highest BCUT2D eigenvalue weighted by molar-refractivity contribution is 5.87. The highest BCUT2D eigenvalue weighted by Crippen LogP contribution is 2.34. The number of benzene rings is 1. The van der Waals surface area contributed by atoms with Gasteiger partial charge in [-0.3, -0.25) is 0 Å². The zero-order valence-corrected chi connectivity index (χ0v) is 10.8. The van der Waals surface area contributed by atoms with Crippen LogP contribution in [0.3, 0.4) is 0 Å². The minimum Gasteiger partial charge on any atom is -0.467 e. The molecule has 0 amide bonds.